The molecule has 8 nitrogen and oxygen atoms in total. The summed E-state index contributed by atoms with van der Waals surface area (Å²) in [6.45, 7) is 0. The Balaban J connectivity index is 1.52. The van der Waals surface area contributed by atoms with E-state index in [-0.39, 0.29) is 27.7 Å². The lowest BCUT2D eigenvalue weighted by Gasteiger charge is -2.01. The predicted molar refractivity (Wildman–Crippen MR) is 128 cm³/mol. The minimum Gasteiger partial charge on any atom is -0.478 e. The van der Waals surface area contributed by atoms with Crippen LogP contribution in [0.1, 0.15) is 27.4 Å². The van der Waals surface area contributed by atoms with Gasteiger partial charge in [0.05, 0.1) is 10.6 Å². The van der Waals surface area contributed by atoms with Crippen LogP contribution in [-0.4, -0.2) is 25.7 Å². The summed E-state index contributed by atoms with van der Waals surface area (Å²) < 4.78 is 7.20. The number of rotatable bonds is 5. The molecule has 0 spiro atoms. The average molecular weight is 492 g/mol. The molecule has 34 heavy (non-hydrogen) atoms. The lowest BCUT2D eigenvalue weighted by atomic mass is 10.1. The number of hydrogen-bond donors (Lipinski definition) is 1. The molecule has 0 saturated carbocycles. The van der Waals surface area contributed by atoms with Crippen molar-refractivity contribution in [3.63, 3.8) is 0 Å². The minimum absolute atomic E-state index is 0.0410. The Morgan fingerprint density at radius 3 is 2.68 bits per heavy atom. The monoisotopic (exact) mass is 491 g/mol. The van der Waals surface area contributed by atoms with E-state index in [1.807, 2.05) is 30.3 Å². The summed E-state index contributed by atoms with van der Waals surface area (Å²) in [6, 6.07) is 17.2. The van der Waals surface area contributed by atoms with Gasteiger partial charge in [-0.05, 0) is 35.9 Å². The maximum atomic E-state index is 12.9. The Labute approximate surface area is 200 Å². The van der Waals surface area contributed by atoms with E-state index in [1.165, 1.54) is 18.2 Å². The van der Waals surface area contributed by atoms with E-state index in [2.05, 4.69) is 10.1 Å². The number of nitrogens with zero attached hydrogens (tertiary/aromatic N) is 3. The van der Waals surface area contributed by atoms with Crippen LogP contribution in [0.5, 0.6) is 0 Å². The van der Waals surface area contributed by atoms with Crippen LogP contribution < -0.4 is 15.7 Å². The van der Waals surface area contributed by atoms with Gasteiger partial charge in [-0.3, -0.25) is 9.59 Å². The van der Waals surface area contributed by atoms with E-state index in [0.29, 0.717) is 21.6 Å². The van der Waals surface area contributed by atoms with Crippen molar-refractivity contribution in [2.24, 2.45) is 0 Å². The van der Waals surface area contributed by atoms with E-state index < -0.39 is 17.1 Å². The number of carbonyl (C=O) groups is 1. The van der Waals surface area contributed by atoms with E-state index >= 15 is 0 Å². The molecule has 168 valence electrons. The van der Waals surface area contributed by atoms with Crippen molar-refractivity contribution in [1.29, 1.82) is 0 Å². The van der Waals surface area contributed by atoms with Gasteiger partial charge in [0, 0.05) is 18.1 Å². The van der Waals surface area contributed by atoms with Gasteiger partial charge in [0.2, 0.25) is 4.96 Å². The highest BCUT2D eigenvalue weighted by atomic mass is 35.5. The standard InChI is InChI=1S/C24H14ClN3O5S/c25-17-8-6-14(11-16(17)23(31)32)19-9-7-15(33-19)12-20-22(30)28-24(34-20)26-21(29)18(27-28)10-13-4-2-1-3-5-13/h1-9,11-12H,10H2,(H,31,32)/b20-12-. The summed E-state index contributed by atoms with van der Waals surface area (Å²) >= 11 is 6.95. The van der Waals surface area contributed by atoms with Gasteiger partial charge in [0.15, 0.2) is 0 Å². The highest BCUT2D eigenvalue weighted by molar-refractivity contribution is 7.15. The first kappa shape index (κ1) is 21.7. The smallest absolute Gasteiger partial charge is 0.337 e. The Bertz CT molecular complexity index is 1720. The first-order valence-corrected chi connectivity index (χ1v) is 11.2. The van der Waals surface area contributed by atoms with Gasteiger partial charge in [-0.25, -0.2) is 4.79 Å². The van der Waals surface area contributed by atoms with E-state index in [4.69, 9.17) is 16.0 Å². The van der Waals surface area contributed by atoms with Crippen LogP contribution in [0.15, 0.2) is 74.7 Å². The molecule has 0 aliphatic rings. The van der Waals surface area contributed by atoms with Crippen LogP contribution in [0.4, 0.5) is 0 Å². The number of thiazole rings is 1. The van der Waals surface area contributed by atoms with Gasteiger partial charge < -0.3 is 9.52 Å². The molecule has 2 aromatic carbocycles. The minimum atomic E-state index is -1.15. The molecule has 0 saturated heterocycles. The van der Waals surface area contributed by atoms with Crippen molar-refractivity contribution in [3.05, 3.63) is 114 Å². The van der Waals surface area contributed by atoms with Crippen LogP contribution in [0.2, 0.25) is 5.02 Å². The maximum Gasteiger partial charge on any atom is 0.337 e. The molecule has 0 aliphatic heterocycles. The summed E-state index contributed by atoms with van der Waals surface area (Å²) in [6.07, 6.45) is 1.80. The largest absolute Gasteiger partial charge is 0.478 e. The number of carboxylic acid groups (broad SMARTS) is 1. The normalized spacial score (nSPS) is 11.9. The molecule has 5 rings (SSSR count). The lowest BCUT2D eigenvalue weighted by Crippen LogP contribution is -2.28. The SMILES string of the molecule is O=C(O)c1cc(-c2ccc(/C=c3\sc4nc(=O)c(Cc5ccccc5)nn4c3=O)o2)ccc1Cl. The lowest BCUT2D eigenvalue weighted by molar-refractivity contribution is 0.0697. The summed E-state index contributed by atoms with van der Waals surface area (Å²) in [5.41, 5.74) is 0.663. The number of hydrogen-bond acceptors (Lipinski definition) is 7. The summed E-state index contributed by atoms with van der Waals surface area (Å²) in [4.78, 5) is 40.9. The van der Waals surface area contributed by atoms with Gasteiger partial charge in [-0.1, -0.05) is 53.3 Å². The van der Waals surface area contributed by atoms with Crippen LogP contribution in [0, 0.1) is 0 Å². The number of aromatic carboxylic acids is 1. The number of halogens is 1. The van der Waals surface area contributed by atoms with Crippen molar-refractivity contribution in [1.82, 2.24) is 14.6 Å². The maximum absolute atomic E-state index is 12.9. The third kappa shape index (κ3) is 4.14. The van der Waals surface area contributed by atoms with E-state index in [1.54, 1.807) is 18.2 Å². The second kappa shape index (κ2) is 8.69. The fourth-order valence-corrected chi connectivity index (χ4v) is 4.48. The molecular formula is C24H14ClN3O5S. The van der Waals surface area contributed by atoms with Crippen molar-refractivity contribution in [2.75, 3.05) is 0 Å². The molecule has 5 aromatic rings. The van der Waals surface area contributed by atoms with Gasteiger partial charge in [-0.2, -0.15) is 14.6 Å². The molecule has 0 aliphatic carbocycles. The summed E-state index contributed by atoms with van der Waals surface area (Å²) in [5, 5.41) is 13.6. The van der Waals surface area contributed by atoms with Crippen molar-refractivity contribution in [3.8, 4) is 11.3 Å². The van der Waals surface area contributed by atoms with Crippen LogP contribution in [-0.2, 0) is 6.42 Å². The van der Waals surface area contributed by atoms with Gasteiger partial charge in [-0.15, -0.1) is 0 Å². The molecule has 10 heteroatoms. The zero-order valence-electron chi connectivity index (χ0n) is 17.3. The highest BCUT2D eigenvalue weighted by Crippen LogP contribution is 2.27. The van der Waals surface area contributed by atoms with E-state index in [0.717, 1.165) is 21.4 Å². The highest BCUT2D eigenvalue weighted by Gasteiger charge is 2.14. The third-order valence-electron chi connectivity index (χ3n) is 5.05. The van der Waals surface area contributed by atoms with E-state index in [9.17, 15) is 19.5 Å². The average Bonchev–Trinajstić information content (AvgIpc) is 3.40. The molecule has 0 amide bonds. The topological polar surface area (TPSA) is 115 Å². The first-order valence-electron chi connectivity index (χ1n) is 10.0. The Morgan fingerprint density at radius 1 is 1.12 bits per heavy atom. The molecule has 1 N–H and O–H groups in total. The molecule has 3 heterocycles. The van der Waals surface area contributed by atoms with Crippen LogP contribution in [0.25, 0.3) is 22.4 Å². The number of aromatic nitrogens is 3. The quantitative estimate of drug-likeness (QED) is 0.401. The Hall–Kier alpha value is -4.08. The van der Waals surface area contributed by atoms with Crippen molar-refractivity contribution in [2.45, 2.75) is 6.42 Å². The van der Waals surface area contributed by atoms with Gasteiger partial charge >= 0.3 is 5.97 Å². The summed E-state index contributed by atoms with van der Waals surface area (Å²) in [5.74, 6) is -0.360. The fraction of sp³-hybridized carbons (Fsp3) is 0.0417. The zero-order valence-corrected chi connectivity index (χ0v) is 18.8. The zero-order chi connectivity index (χ0) is 23.8. The second-order valence-electron chi connectivity index (χ2n) is 7.34. The number of benzene rings is 2. The molecular weight excluding hydrogens is 478 g/mol. The molecule has 0 bridgehead atoms. The fourth-order valence-electron chi connectivity index (χ4n) is 3.40. The Morgan fingerprint density at radius 2 is 1.91 bits per heavy atom. The number of furan rings is 1. The van der Waals surface area contributed by atoms with Crippen molar-refractivity contribution < 1.29 is 14.3 Å². The molecule has 0 radical (unpaired) electrons. The second-order valence-corrected chi connectivity index (χ2v) is 8.75. The predicted octanol–water partition coefficient (Wildman–Crippen LogP) is 3.26. The molecule has 0 unspecified atom stereocenters. The van der Waals surface area contributed by atoms with Crippen molar-refractivity contribution >= 4 is 39.9 Å². The number of carboxylic acids is 1. The molecule has 0 atom stereocenters. The Kier molecular flexibility index (Phi) is 5.56. The van der Waals surface area contributed by atoms with Crippen LogP contribution in [0.3, 0.4) is 0 Å². The molecule has 3 aromatic heterocycles. The third-order valence-corrected chi connectivity index (χ3v) is 6.33. The van der Waals surface area contributed by atoms with Gasteiger partial charge in [0.1, 0.15) is 21.7 Å². The number of fused-ring (bicyclic) bond motifs is 1. The summed E-state index contributed by atoms with van der Waals surface area (Å²) in [7, 11) is 0. The molecule has 0 fully saturated rings. The van der Waals surface area contributed by atoms with Gasteiger partial charge in [0.25, 0.3) is 11.1 Å². The first-order chi connectivity index (χ1) is 16.4. The van der Waals surface area contributed by atoms with Crippen LogP contribution >= 0.6 is 22.9 Å².